The maximum absolute atomic E-state index is 14.2. The number of nitrogens with zero attached hydrogens (tertiary/aromatic N) is 2. The first-order valence-corrected chi connectivity index (χ1v) is 9.25. The molecule has 0 spiro atoms. The molecule has 1 atom stereocenters. The molecule has 0 radical (unpaired) electrons. The van der Waals surface area contributed by atoms with Gasteiger partial charge < -0.3 is 20.3 Å². The molecule has 0 aliphatic carbocycles. The van der Waals surface area contributed by atoms with Gasteiger partial charge in [-0.05, 0) is 12.1 Å². The molecular formula is C20H18F5N3O3. The number of benzene rings is 2. The molecule has 0 saturated carbocycles. The van der Waals surface area contributed by atoms with E-state index in [1.165, 1.54) is 4.90 Å². The second kappa shape index (κ2) is 9.19. The first-order chi connectivity index (χ1) is 14.7. The van der Waals surface area contributed by atoms with Crippen LogP contribution in [0.1, 0.15) is 18.1 Å². The van der Waals surface area contributed by atoms with Crippen molar-refractivity contribution in [2.75, 3.05) is 31.1 Å². The predicted octanol–water partition coefficient (Wildman–Crippen LogP) is 3.26. The number of anilines is 1. The molecule has 1 saturated heterocycles. The van der Waals surface area contributed by atoms with Crippen LogP contribution < -0.4 is 10.6 Å². The van der Waals surface area contributed by atoms with E-state index in [-0.39, 0.29) is 13.1 Å². The fourth-order valence-electron chi connectivity index (χ4n) is 3.39. The number of halogens is 5. The Morgan fingerprint density at radius 2 is 1.39 bits per heavy atom. The van der Waals surface area contributed by atoms with E-state index in [4.69, 9.17) is 5.73 Å². The van der Waals surface area contributed by atoms with Gasteiger partial charge in [-0.1, -0.05) is 18.2 Å². The lowest BCUT2D eigenvalue weighted by molar-refractivity contribution is -0.133. The number of carbonyl (C=O) groups excluding carboxylic acids is 2. The van der Waals surface area contributed by atoms with Crippen LogP contribution in [0.3, 0.4) is 0 Å². The molecule has 11 heteroatoms. The first kappa shape index (κ1) is 22.3. The van der Waals surface area contributed by atoms with Crippen LogP contribution in [0, 0.1) is 29.1 Å². The molecular weight excluding hydrogens is 425 g/mol. The second-order valence-corrected chi connectivity index (χ2v) is 6.82. The number of nitrogens with two attached hydrogens (primary N) is 1. The third-order valence-corrected chi connectivity index (χ3v) is 4.94. The van der Waals surface area contributed by atoms with Gasteiger partial charge in [0, 0.05) is 31.9 Å². The third-order valence-electron chi connectivity index (χ3n) is 4.94. The van der Waals surface area contributed by atoms with Crippen molar-refractivity contribution in [2.45, 2.75) is 12.5 Å². The fraction of sp³-hybridized carbons (Fsp3) is 0.300. The summed E-state index contributed by atoms with van der Waals surface area (Å²) in [5, 5.41) is 0. The normalized spacial score (nSPS) is 15.0. The summed E-state index contributed by atoms with van der Waals surface area (Å²) in [5.41, 5.74) is 4.40. The van der Waals surface area contributed by atoms with Gasteiger partial charge in [0.1, 0.15) is 6.10 Å². The van der Waals surface area contributed by atoms with Crippen LogP contribution in [0.25, 0.3) is 0 Å². The molecule has 2 aromatic carbocycles. The summed E-state index contributed by atoms with van der Waals surface area (Å²) in [6.07, 6.45) is -4.45. The minimum absolute atomic E-state index is 0.244. The summed E-state index contributed by atoms with van der Waals surface area (Å²) in [4.78, 5) is 27.2. The van der Waals surface area contributed by atoms with Crippen LogP contribution in [0.2, 0.25) is 0 Å². The number of amides is 2. The van der Waals surface area contributed by atoms with Crippen molar-refractivity contribution in [2.24, 2.45) is 5.73 Å². The largest absolute Gasteiger partial charge is 0.441 e. The van der Waals surface area contributed by atoms with E-state index in [1.807, 2.05) is 35.2 Å². The molecule has 6 nitrogen and oxygen atoms in total. The van der Waals surface area contributed by atoms with Gasteiger partial charge in [0.2, 0.25) is 11.7 Å². The lowest BCUT2D eigenvalue weighted by Gasteiger charge is -2.36. The van der Waals surface area contributed by atoms with E-state index in [0.29, 0.717) is 13.1 Å². The zero-order valence-corrected chi connectivity index (χ0v) is 16.1. The highest BCUT2D eigenvalue weighted by molar-refractivity contribution is 5.78. The maximum atomic E-state index is 14.2. The van der Waals surface area contributed by atoms with Crippen LogP contribution >= 0.6 is 0 Å². The van der Waals surface area contributed by atoms with Gasteiger partial charge >= 0.3 is 6.09 Å². The van der Waals surface area contributed by atoms with Gasteiger partial charge in [-0.15, -0.1) is 0 Å². The minimum atomic E-state index is -2.36. The van der Waals surface area contributed by atoms with Crippen molar-refractivity contribution in [3.05, 3.63) is 65.0 Å². The second-order valence-electron chi connectivity index (χ2n) is 6.82. The summed E-state index contributed by atoms with van der Waals surface area (Å²) in [7, 11) is 0. The molecule has 1 unspecified atom stereocenters. The Labute approximate surface area is 174 Å². The molecule has 2 aromatic rings. The number of carbonyl (C=O) groups is 2. The molecule has 0 aromatic heterocycles. The average Bonchev–Trinajstić information content (AvgIpc) is 2.76. The van der Waals surface area contributed by atoms with Gasteiger partial charge in [0.25, 0.3) is 0 Å². The minimum Gasteiger partial charge on any atom is -0.441 e. The Balaban J connectivity index is 1.77. The first-order valence-electron chi connectivity index (χ1n) is 9.25. The van der Waals surface area contributed by atoms with E-state index < -0.39 is 59.2 Å². The average molecular weight is 443 g/mol. The van der Waals surface area contributed by atoms with E-state index in [9.17, 15) is 31.5 Å². The summed E-state index contributed by atoms with van der Waals surface area (Å²) in [6.45, 7) is 1.40. The van der Waals surface area contributed by atoms with Gasteiger partial charge in [-0.3, -0.25) is 4.79 Å². The SMILES string of the molecule is NC(=O)OC(CC(=O)N1CCN(c2ccccc2)CC1)c1c(F)c(F)c(F)c(F)c1F. The number of ether oxygens (including phenoxy) is 1. The van der Waals surface area contributed by atoms with Crippen LogP contribution in [-0.4, -0.2) is 43.1 Å². The highest BCUT2D eigenvalue weighted by atomic mass is 19.2. The van der Waals surface area contributed by atoms with Crippen LogP contribution in [-0.2, 0) is 9.53 Å². The smallest absolute Gasteiger partial charge is 0.405 e. The van der Waals surface area contributed by atoms with Crippen molar-refractivity contribution in [3.8, 4) is 0 Å². The molecule has 1 aliphatic rings. The lowest BCUT2D eigenvalue weighted by Crippen LogP contribution is -2.49. The number of primary amides is 1. The summed E-state index contributed by atoms with van der Waals surface area (Å²) in [6, 6.07) is 9.39. The quantitative estimate of drug-likeness (QED) is 0.437. The van der Waals surface area contributed by atoms with E-state index in [0.717, 1.165) is 5.69 Å². The number of hydrogen-bond acceptors (Lipinski definition) is 4. The molecule has 3 rings (SSSR count). The molecule has 1 aliphatic heterocycles. The monoisotopic (exact) mass is 443 g/mol. The van der Waals surface area contributed by atoms with Crippen LogP contribution in [0.15, 0.2) is 30.3 Å². The number of para-hydroxylation sites is 1. The Kier molecular flexibility index (Phi) is 6.62. The van der Waals surface area contributed by atoms with Gasteiger partial charge in [-0.25, -0.2) is 26.7 Å². The predicted molar refractivity (Wildman–Crippen MR) is 99.5 cm³/mol. The van der Waals surface area contributed by atoms with Gasteiger partial charge in [-0.2, -0.15) is 0 Å². The summed E-state index contributed by atoms with van der Waals surface area (Å²) >= 11 is 0. The Morgan fingerprint density at radius 3 is 1.90 bits per heavy atom. The highest BCUT2D eigenvalue weighted by Crippen LogP contribution is 2.32. The fourth-order valence-corrected chi connectivity index (χ4v) is 3.39. The number of piperazine rings is 1. The van der Waals surface area contributed by atoms with Crippen molar-refractivity contribution in [1.82, 2.24) is 4.90 Å². The molecule has 2 N–H and O–H groups in total. The molecule has 31 heavy (non-hydrogen) atoms. The third kappa shape index (κ3) is 4.70. The summed E-state index contributed by atoms with van der Waals surface area (Å²) < 4.78 is 73.3. The zero-order valence-electron chi connectivity index (χ0n) is 16.1. The highest BCUT2D eigenvalue weighted by Gasteiger charge is 2.35. The summed E-state index contributed by atoms with van der Waals surface area (Å²) in [5.74, 6) is -11.9. The molecule has 1 fully saturated rings. The van der Waals surface area contributed by atoms with Crippen molar-refractivity contribution >= 4 is 17.7 Å². The van der Waals surface area contributed by atoms with Crippen molar-refractivity contribution in [1.29, 1.82) is 0 Å². The molecule has 1 heterocycles. The number of hydrogen-bond donors (Lipinski definition) is 1. The Bertz CT molecular complexity index is 953. The molecule has 166 valence electrons. The molecule has 2 amide bonds. The van der Waals surface area contributed by atoms with Crippen molar-refractivity contribution < 1.29 is 36.3 Å². The van der Waals surface area contributed by atoms with Gasteiger partial charge in [0.05, 0.1) is 12.0 Å². The number of rotatable bonds is 5. The van der Waals surface area contributed by atoms with Crippen LogP contribution in [0.5, 0.6) is 0 Å². The standard InChI is InChI=1S/C20H18F5N3O3/c21-15-14(16(22)18(24)19(25)17(15)23)12(31-20(26)30)10-13(29)28-8-6-27(7-9-28)11-4-2-1-3-5-11/h1-5,12H,6-10H2,(H2,26,30). The lowest BCUT2D eigenvalue weighted by atomic mass is 10.0. The molecule has 0 bridgehead atoms. The van der Waals surface area contributed by atoms with E-state index in [1.54, 1.807) is 0 Å². The van der Waals surface area contributed by atoms with Crippen molar-refractivity contribution in [3.63, 3.8) is 0 Å². The Morgan fingerprint density at radius 1 is 0.871 bits per heavy atom. The van der Waals surface area contributed by atoms with Gasteiger partial charge in [0.15, 0.2) is 23.3 Å². The topological polar surface area (TPSA) is 75.9 Å². The van der Waals surface area contributed by atoms with E-state index in [2.05, 4.69) is 4.74 Å². The zero-order chi connectivity index (χ0) is 22.7. The Hall–Kier alpha value is -3.37. The maximum Gasteiger partial charge on any atom is 0.405 e. The van der Waals surface area contributed by atoms with Crippen LogP contribution in [0.4, 0.5) is 32.4 Å². The van der Waals surface area contributed by atoms with E-state index >= 15 is 0 Å².